The normalized spacial score (nSPS) is 78.5. The Morgan fingerprint density at radius 1 is 0.381 bits per heavy atom. The number of allylic oxidation sites excluding steroid dienone is 4. The van der Waals surface area contributed by atoms with Gasteiger partial charge in [0, 0.05) is 0 Å². The van der Waals surface area contributed by atoms with Crippen LogP contribution in [0.15, 0.2) is 24.3 Å². The third-order valence-corrected chi connectivity index (χ3v) is 10.4. The molecule has 6 saturated carbocycles. The first-order chi connectivity index (χ1) is 10.4. The maximum atomic E-state index is 2.62. The lowest BCUT2D eigenvalue weighted by Crippen LogP contribution is -2.62. The molecular formula is C21H24. The molecule has 0 aromatic rings. The van der Waals surface area contributed by atoms with Gasteiger partial charge in [0.2, 0.25) is 0 Å². The average molecular weight is 276 g/mol. The third kappa shape index (κ3) is 0.815. The van der Waals surface area contributed by atoms with Crippen molar-refractivity contribution in [1.29, 1.82) is 0 Å². The van der Waals surface area contributed by atoms with E-state index >= 15 is 0 Å². The second-order valence-corrected chi connectivity index (χ2v) is 10.1. The molecule has 21 heavy (non-hydrogen) atoms. The van der Waals surface area contributed by atoms with Gasteiger partial charge >= 0.3 is 0 Å². The van der Waals surface area contributed by atoms with Crippen LogP contribution >= 0.6 is 0 Å². The molecule has 6 fully saturated rings. The van der Waals surface area contributed by atoms with Gasteiger partial charge in [0.1, 0.15) is 0 Å². The Morgan fingerprint density at radius 3 is 1.05 bits per heavy atom. The molecule has 0 aromatic carbocycles. The van der Waals surface area contributed by atoms with Crippen molar-refractivity contribution in [3.8, 4) is 0 Å². The average Bonchev–Trinajstić information content (AvgIpc) is 3.17. The van der Waals surface area contributed by atoms with E-state index in [1.54, 1.807) is 19.3 Å². The van der Waals surface area contributed by atoms with Gasteiger partial charge in [-0.25, -0.2) is 0 Å². The summed E-state index contributed by atoms with van der Waals surface area (Å²) < 4.78 is 0. The van der Waals surface area contributed by atoms with E-state index in [9.17, 15) is 0 Å². The Balaban J connectivity index is 1.24. The molecule has 0 N–H and O–H groups in total. The van der Waals surface area contributed by atoms with Crippen molar-refractivity contribution >= 4 is 0 Å². The largest absolute Gasteiger partial charge is 0.0848 e. The van der Waals surface area contributed by atoms with Gasteiger partial charge in [-0.3, -0.25) is 0 Å². The number of hydrogen-bond donors (Lipinski definition) is 0. The Bertz CT molecular complexity index is 526. The molecule has 0 atom stereocenters. The van der Waals surface area contributed by atoms with Crippen molar-refractivity contribution in [2.75, 3.05) is 0 Å². The summed E-state index contributed by atoms with van der Waals surface area (Å²) in [4.78, 5) is 0. The summed E-state index contributed by atoms with van der Waals surface area (Å²) >= 11 is 0. The fraction of sp³-hybridized carbons (Fsp3) is 0.810. The Kier molecular flexibility index (Phi) is 1.39. The fourth-order valence-electron chi connectivity index (χ4n) is 10.4. The van der Waals surface area contributed by atoms with Gasteiger partial charge in [-0.05, 0) is 102 Å². The molecule has 8 rings (SSSR count). The maximum absolute atomic E-state index is 2.62. The van der Waals surface area contributed by atoms with Crippen LogP contribution < -0.4 is 0 Å². The van der Waals surface area contributed by atoms with Crippen molar-refractivity contribution in [2.24, 2.45) is 82.9 Å². The van der Waals surface area contributed by atoms with Crippen LogP contribution in [0.4, 0.5) is 0 Å². The minimum absolute atomic E-state index is 1.02. The predicted molar refractivity (Wildman–Crippen MR) is 81.0 cm³/mol. The highest BCUT2D eigenvalue weighted by Crippen LogP contribution is 2.83. The summed E-state index contributed by atoms with van der Waals surface area (Å²) in [5.74, 6) is 15.9. The summed E-state index contributed by atoms with van der Waals surface area (Å²) in [6.45, 7) is 0. The lowest BCUT2D eigenvalue weighted by Gasteiger charge is -2.66. The van der Waals surface area contributed by atoms with E-state index in [-0.39, 0.29) is 0 Å². The molecule has 0 heteroatoms. The molecule has 6 bridgehead atoms. The topological polar surface area (TPSA) is 0 Å². The summed E-state index contributed by atoms with van der Waals surface area (Å²) in [6.07, 6.45) is 15.3. The van der Waals surface area contributed by atoms with E-state index in [4.69, 9.17) is 0 Å². The van der Waals surface area contributed by atoms with E-state index in [1.165, 1.54) is 35.5 Å². The minimum atomic E-state index is 1.02. The van der Waals surface area contributed by atoms with E-state index in [0.29, 0.717) is 0 Å². The van der Waals surface area contributed by atoms with Crippen molar-refractivity contribution in [1.82, 2.24) is 0 Å². The van der Waals surface area contributed by atoms with Crippen LogP contribution in [0.3, 0.4) is 0 Å². The molecule has 0 spiro atoms. The summed E-state index contributed by atoms with van der Waals surface area (Å²) in [5, 5.41) is 0. The predicted octanol–water partition coefficient (Wildman–Crippen LogP) is 4.00. The second kappa shape index (κ2) is 2.83. The molecule has 0 amide bonds. The molecule has 0 saturated heterocycles. The summed E-state index contributed by atoms with van der Waals surface area (Å²) in [6, 6.07) is 0. The highest BCUT2D eigenvalue weighted by atomic mass is 14.8. The van der Waals surface area contributed by atoms with Gasteiger partial charge in [-0.2, -0.15) is 0 Å². The summed E-state index contributed by atoms with van der Waals surface area (Å²) in [5.41, 5.74) is 0. The first kappa shape index (κ1) is 10.3. The summed E-state index contributed by atoms with van der Waals surface area (Å²) in [7, 11) is 0. The second-order valence-electron chi connectivity index (χ2n) is 10.1. The molecular weight excluding hydrogens is 252 g/mol. The zero-order valence-electron chi connectivity index (χ0n) is 12.5. The van der Waals surface area contributed by atoms with Crippen molar-refractivity contribution < 1.29 is 0 Å². The highest BCUT2D eigenvalue weighted by molar-refractivity contribution is 5.32. The smallest absolute Gasteiger partial charge is 0.0194 e. The van der Waals surface area contributed by atoms with Gasteiger partial charge in [0.25, 0.3) is 0 Å². The van der Waals surface area contributed by atoms with Gasteiger partial charge in [-0.1, -0.05) is 24.3 Å². The van der Waals surface area contributed by atoms with E-state index < -0.39 is 0 Å². The lowest BCUT2D eigenvalue weighted by molar-refractivity contribution is -0.180. The van der Waals surface area contributed by atoms with Crippen LogP contribution in [0.5, 0.6) is 0 Å². The zero-order valence-corrected chi connectivity index (χ0v) is 12.5. The van der Waals surface area contributed by atoms with Crippen LogP contribution in [0.2, 0.25) is 0 Å². The Hall–Kier alpha value is -0.520. The molecule has 0 nitrogen and oxygen atoms in total. The highest BCUT2D eigenvalue weighted by Gasteiger charge is 2.79. The van der Waals surface area contributed by atoms with Crippen LogP contribution in [0.1, 0.15) is 19.3 Å². The van der Waals surface area contributed by atoms with Crippen LogP contribution in [0.25, 0.3) is 0 Å². The number of hydrogen-bond acceptors (Lipinski definition) is 0. The number of rotatable bonds is 0. The molecule has 108 valence electrons. The van der Waals surface area contributed by atoms with Crippen molar-refractivity contribution in [3.63, 3.8) is 0 Å². The van der Waals surface area contributed by atoms with Gasteiger partial charge in [0.15, 0.2) is 0 Å². The molecule has 0 unspecified atom stereocenters. The first-order valence-corrected chi connectivity index (χ1v) is 9.78. The van der Waals surface area contributed by atoms with Crippen molar-refractivity contribution in [3.05, 3.63) is 24.3 Å². The van der Waals surface area contributed by atoms with E-state index in [2.05, 4.69) is 24.3 Å². The molecule has 0 aromatic heterocycles. The molecule has 8 aliphatic rings. The van der Waals surface area contributed by atoms with Gasteiger partial charge < -0.3 is 0 Å². The quantitative estimate of drug-likeness (QED) is 0.463. The van der Waals surface area contributed by atoms with Crippen LogP contribution in [-0.2, 0) is 0 Å². The molecule has 0 heterocycles. The standard InChI is InChI=1S/C21H24/c1-2-9-5-8(1)14-15(9)19-13-7-12(18(14)19)20-16-10-3-4-11(6-10)17(16)21(13)20/h1-4,8-21H,5-7H2/t8-,9+,10+,11-,12?,13?,14?,15?,16?,17?,18?,19?,20?,21?. The minimum Gasteiger partial charge on any atom is -0.0848 e. The van der Waals surface area contributed by atoms with Crippen LogP contribution in [-0.4, -0.2) is 0 Å². The van der Waals surface area contributed by atoms with E-state index in [1.807, 2.05) is 0 Å². The van der Waals surface area contributed by atoms with E-state index in [0.717, 1.165) is 47.3 Å². The van der Waals surface area contributed by atoms with Crippen molar-refractivity contribution in [2.45, 2.75) is 19.3 Å². The monoisotopic (exact) mass is 276 g/mol. The maximum Gasteiger partial charge on any atom is -0.0194 e. The Labute approximate surface area is 127 Å². The Morgan fingerprint density at radius 2 is 0.714 bits per heavy atom. The van der Waals surface area contributed by atoms with Crippen LogP contribution in [0, 0.1) is 82.9 Å². The van der Waals surface area contributed by atoms with Gasteiger partial charge in [0.05, 0.1) is 0 Å². The lowest BCUT2D eigenvalue weighted by atomic mass is 9.38. The molecule has 0 radical (unpaired) electrons. The number of fused-ring (bicyclic) bond motifs is 22. The zero-order chi connectivity index (χ0) is 13.0. The SMILES string of the molecule is C1=C[C@H]2C[C@@H]1C1C3C4CC(C5C4C4C5[C@@H]5C=C[C@H]4C5)C3C12. The van der Waals surface area contributed by atoms with Gasteiger partial charge in [-0.15, -0.1) is 0 Å². The molecule has 8 aliphatic carbocycles. The fourth-order valence-corrected chi connectivity index (χ4v) is 10.4. The molecule has 0 aliphatic heterocycles. The third-order valence-electron chi connectivity index (χ3n) is 10.4. The first-order valence-electron chi connectivity index (χ1n) is 9.78.